The number of nitrogens with two attached hydrogens (primary N) is 1. The molecule has 2 N–H and O–H groups in total. The van der Waals surface area contributed by atoms with E-state index in [4.69, 9.17) is 5.73 Å². The second kappa shape index (κ2) is 2.20. The normalized spacial score (nSPS) is 10.6. The van der Waals surface area contributed by atoms with Gasteiger partial charge in [0.1, 0.15) is 5.82 Å². The summed E-state index contributed by atoms with van der Waals surface area (Å²) in [5.74, 6) is 0.647. The van der Waals surface area contributed by atoms with Crippen molar-refractivity contribution in [1.29, 1.82) is 0 Å². The number of fused-ring (bicyclic) bond motifs is 1. The molecule has 1 heterocycles. The summed E-state index contributed by atoms with van der Waals surface area (Å²) >= 11 is 1.45. The third-order valence-electron chi connectivity index (χ3n) is 1.65. The van der Waals surface area contributed by atoms with E-state index in [0.29, 0.717) is 5.82 Å². The van der Waals surface area contributed by atoms with E-state index < -0.39 is 0 Å². The van der Waals surface area contributed by atoms with Crippen LogP contribution in [0, 0.1) is 6.92 Å². The summed E-state index contributed by atoms with van der Waals surface area (Å²) in [6.45, 7) is 2.05. The second-order valence-corrected chi connectivity index (χ2v) is 3.37. The van der Waals surface area contributed by atoms with Gasteiger partial charge in [-0.15, -0.1) is 0 Å². The Balaban J connectivity index is 2.87. The fourth-order valence-corrected chi connectivity index (χ4v) is 1.76. The topological polar surface area (TPSA) is 38.9 Å². The molecule has 0 spiro atoms. The van der Waals surface area contributed by atoms with Crippen molar-refractivity contribution in [3.8, 4) is 0 Å². The highest BCUT2D eigenvalue weighted by Crippen LogP contribution is 2.24. The van der Waals surface area contributed by atoms with Crippen molar-refractivity contribution in [2.45, 2.75) is 6.92 Å². The predicted octanol–water partition coefficient (Wildman–Crippen LogP) is 2.19. The van der Waals surface area contributed by atoms with Gasteiger partial charge in [-0.25, -0.2) is 0 Å². The fraction of sp³-hybridized carbons (Fsp3) is 0.125. The lowest BCUT2D eigenvalue weighted by Crippen LogP contribution is -1.83. The molecule has 0 amide bonds. The van der Waals surface area contributed by atoms with E-state index in [1.807, 2.05) is 0 Å². The molecule has 0 fully saturated rings. The maximum Gasteiger partial charge on any atom is 0.144 e. The number of anilines is 1. The third kappa shape index (κ3) is 0.973. The molecule has 0 radical (unpaired) electrons. The molecule has 2 nitrogen and oxygen atoms in total. The fourth-order valence-electron chi connectivity index (χ4n) is 1.07. The van der Waals surface area contributed by atoms with Crippen molar-refractivity contribution in [1.82, 2.24) is 4.37 Å². The lowest BCUT2D eigenvalue weighted by molar-refractivity contribution is 1.51. The lowest BCUT2D eigenvalue weighted by atomic mass is 10.2. The molecule has 56 valence electrons. The number of aryl methyl sites for hydroxylation is 1. The molecule has 0 aliphatic heterocycles. The number of benzene rings is 1. The van der Waals surface area contributed by atoms with Crippen LogP contribution in [0.3, 0.4) is 0 Å². The van der Waals surface area contributed by atoms with Gasteiger partial charge in [-0.05, 0) is 30.6 Å². The molecular formula is C8H8N2S. The quantitative estimate of drug-likeness (QED) is 0.648. The zero-order valence-corrected chi connectivity index (χ0v) is 6.98. The van der Waals surface area contributed by atoms with Crippen molar-refractivity contribution in [3.05, 3.63) is 23.8 Å². The maximum absolute atomic E-state index is 5.64. The Hall–Kier alpha value is -1.09. The average Bonchev–Trinajstić information content (AvgIpc) is 2.33. The molecule has 2 aromatic rings. The van der Waals surface area contributed by atoms with Crippen molar-refractivity contribution in [2.75, 3.05) is 5.73 Å². The minimum Gasteiger partial charge on any atom is -0.382 e. The molecule has 1 aromatic carbocycles. The van der Waals surface area contributed by atoms with Gasteiger partial charge in [0.15, 0.2) is 0 Å². The van der Waals surface area contributed by atoms with Crippen LogP contribution in [0.2, 0.25) is 0 Å². The number of hydrogen-bond donors (Lipinski definition) is 1. The van der Waals surface area contributed by atoms with Crippen LogP contribution >= 0.6 is 11.5 Å². The van der Waals surface area contributed by atoms with Gasteiger partial charge in [-0.1, -0.05) is 11.6 Å². The Kier molecular flexibility index (Phi) is 1.32. The van der Waals surface area contributed by atoms with E-state index in [-0.39, 0.29) is 0 Å². The highest BCUT2D eigenvalue weighted by Gasteiger charge is 2.00. The van der Waals surface area contributed by atoms with Crippen molar-refractivity contribution < 1.29 is 0 Å². The van der Waals surface area contributed by atoms with Gasteiger partial charge in [-0.3, -0.25) is 0 Å². The minimum atomic E-state index is 0.647. The molecular weight excluding hydrogens is 156 g/mol. The number of nitrogen functional groups attached to an aromatic ring is 1. The number of rotatable bonds is 0. The summed E-state index contributed by atoms with van der Waals surface area (Å²) in [6, 6.07) is 6.19. The van der Waals surface area contributed by atoms with Crippen LogP contribution in [-0.2, 0) is 0 Å². The van der Waals surface area contributed by atoms with Gasteiger partial charge in [0.2, 0.25) is 0 Å². The maximum atomic E-state index is 5.64. The van der Waals surface area contributed by atoms with E-state index in [1.165, 1.54) is 17.1 Å². The molecule has 11 heavy (non-hydrogen) atoms. The lowest BCUT2D eigenvalue weighted by Gasteiger charge is -1.91. The van der Waals surface area contributed by atoms with E-state index in [1.54, 1.807) is 0 Å². The molecule has 0 saturated heterocycles. The molecule has 0 atom stereocenters. The highest BCUT2D eigenvalue weighted by atomic mass is 32.1. The Morgan fingerprint density at radius 3 is 3.09 bits per heavy atom. The zero-order valence-electron chi connectivity index (χ0n) is 6.16. The molecule has 0 saturated carbocycles. The summed E-state index contributed by atoms with van der Waals surface area (Å²) in [5, 5.41) is 1.08. The van der Waals surface area contributed by atoms with Crippen LogP contribution in [0.25, 0.3) is 10.1 Å². The van der Waals surface area contributed by atoms with E-state index in [9.17, 15) is 0 Å². The van der Waals surface area contributed by atoms with Crippen LogP contribution in [-0.4, -0.2) is 4.37 Å². The highest BCUT2D eigenvalue weighted by molar-refractivity contribution is 7.13. The smallest absolute Gasteiger partial charge is 0.144 e. The van der Waals surface area contributed by atoms with Gasteiger partial charge < -0.3 is 5.73 Å². The molecule has 1 aromatic heterocycles. The zero-order chi connectivity index (χ0) is 7.84. The summed E-state index contributed by atoms with van der Waals surface area (Å²) in [7, 11) is 0. The van der Waals surface area contributed by atoms with Crippen LogP contribution in [0.4, 0.5) is 5.82 Å². The predicted molar refractivity (Wildman–Crippen MR) is 48.8 cm³/mol. The molecule has 0 aliphatic carbocycles. The average molecular weight is 164 g/mol. The van der Waals surface area contributed by atoms with Crippen molar-refractivity contribution >= 4 is 27.4 Å². The third-order valence-corrected chi connectivity index (χ3v) is 2.49. The first-order valence-electron chi connectivity index (χ1n) is 3.39. The largest absolute Gasteiger partial charge is 0.382 e. The monoisotopic (exact) mass is 164 g/mol. The molecule has 3 heteroatoms. The van der Waals surface area contributed by atoms with Gasteiger partial charge in [0.05, 0.1) is 4.70 Å². The summed E-state index contributed by atoms with van der Waals surface area (Å²) < 4.78 is 5.22. The van der Waals surface area contributed by atoms with Crippen molar-refractivity contribution in [3.63, 3.8) is 0 Å². The van der Waals surface area contributed by atoms with Gasteiger partial charge in [0.25, 0.3) is 0 Å². The minimum absolute atomic E-state index is 0.647. The molecule has 0 unspecified atom stereocenters. The van der Waals surface area contributed by atoms with Gasteiger partial charge >= 0.3 is 0 Å². The standard InChI is InChI=1S/C8H8N2S/c1-5-2-3-7-6(4-5)8(9)10-11-7/h2-4H,1H3,(H2,9,10). The van der Waals surface area contributed by atoms with Crippen LogP contribution in [0.15, 0.2) is 18.2 Å². The van der Waals surface area contributed by atoms with Gasteiger partial charge in [-0.2, -0.15) is 4.37 Å². The Bertz CT molecular complexity index is 392. The molecule has 0 bridgehead atoms. The van der Waals surface area contributed by atoms with Crippen molar-refractivity contribution in [2.24, 2.45) is 0 Å². The van der Waals surface area contributed by atoms with Gasteiger partial charge in [0, 0.05) is 5.39 Å². The number of hydrogen-bond acceptors (Lipinski definition) is 3. The first-order valence-corrected chi connectivity index (χ1v) is 4.16. The molecule has 2 rings (SSSR count). The Morgan fingerprint density at radius 1 is 1.45 bits per heavy atom. The van der Waals surface area contributed by atoms with Crippen LogP contribution < -0.4 is 5.73 Å². The SMILES string of the molecule is Cc1ccc2snc(N)c2c1. The number of aromatic nitrogens is 1. The Morgan fingerprint density at radius 2 is 2.27 bits per heavy atom. The number of nitrogens with zero attached hydrogens (tertiary/aromatic N) is 1. The van der Waals surface area contributed by atoms with Crippen LogP contribution in [0.1, 0.15) is 5.56 Å². The van der Waals surface area contributed by atoms with Crippen LogP contribution in [0.5, 0.6) is 0 Å². The Labute approximate surface area is 68.8 Å². The van der Waals surface area contributed by atoms with E-state index >= 15 is 0 Å². The summed E-state index contributed by atoms with van der Waals surface area (Å²) in [6.07, 6.45) is 0. The first-order chi connectivity index (χ1) is 5.27. The van der Waals surface area contributed by atoms with E-state index in [2.05, 4.69) is 29.5 Å². The summed E-state index contributed by atoms with van der Waals surface area (Å²) in [5.41, 5.74) is 6.87. The first kappa shape index (κ1) is 6.61. The second-order valence-electron chi connectivity index (χ2n) is 2.57. The molecule has 0 aliphatic rings. The van der Waals surface area contributed by atoms with E-state index in [0.717, 1.165) is 10.1 Å². The summed E-state index contributed by atoms with van der Waals surface area (Å²) in [4.78, 5) is 0.